The Bertz CT molecular complexity index is 1540. The highest BCUT2D eigenvalue weighted by Gasteiger charge is 2.17. The number of fused-ring (bicyclic) bond motifs is 2. The van der Waals surface area contributed by atoms with E-state index in [4.69, 9.17) is 18.6 Å². The van der Waals surface area contributed by atoms with E-state index < -0.39 is 0 Å². The van der Waals surface area contributed by atoms with Crippen LogP contribution in [0.15, 0.2) is 57.9 Å². The zero-order chi connectivity index (χ0) is 28.1. The summed E-state index contributed by atoms with van der Waals surface area (Å²) in [6.45, 7) is 1.22. The number of aryl methyl sites for hydroxylation is 1. The Morgan fingerprint density at radius 3 is 2.58 bits per heavy atom. The van der Waals surface area contributed by atoms with E-state index in [2.05, 4.69) is 10.3 Å². The van der Waals surface area contributed by atoms with Gasteiger partial charge in [-0.25, -0.2) is 0 Å². The average Bonchev–Trinajstić information content (AvgIpc) is 3.45. The summed E-state index contributed by atoms with van der Waals surface area (Å²) in [5, 5.41) is 3.92. The molecular formula is C31H35N3O6. The van der Waals surface area contributed by atoms with Gasteiger partial charge in [0.15, 0.2) is 11.3 Å². The van der Waals surface area contributed by atoms with E-state index in [1.807, 2.05) is 31.1 Å². The summed E-state index contributed by atoms with van der Waals surface area (Å²) in [4.78, 5) is 32.0. The van der Waals surface area contributed by atoms with Gasteiger partial charge in [-0.15, -0.1) is 0 Å². The summed E-state index contributed by atoms with van der Waals surface area (Å²) in [5.41, 5.74) is 1.37. The van der Waals surface area contributed by atoms with Crippen molar-refractivity contribution in [1.82, 2.24) is 15.2 Å². The molecule has 1 aliphatic rings. The molecule has 1 amide bonds. The van der Waals surface area contributed by atoms with Crippen molar-refractivity contribution in [3.05, 3.63) is 64.6 Å². The first-order valence-electron chi connectivity index (χ1n) is 13.7. The van der Waals surface area contributed by atoms with Gasteiger partial charge >= 0.3 is 0 Å². The lowest BCUT2D eigenvalue weighted by molar-refractivity contribution is -0.121. The molecule has 0 unspecified atom stereocenters. The summed E-state index contributed by atoms with van der Waals surface area (Å²) in [7, 11) is 5.46. The monoisotopic (exact) mass is 545 g/mol. The fourth-order valence-corrected chi connectivity index (χ4v) is 4.89. The first-order chi connectivity index (χ1) is 19.4. The number of hydrogen-bond acceptors (Lipinski definition) is 8. The van der Waals surface area contributed by atoms with E-state index in [0.29, 0.717) is 70.4 Å². The maximum absolute atomic E-state index is 13.3. The molecule has 2 aromatic heterocycles. The highest BCUT2D eigenvalue weighted by atomic mass is 16.5. The third kappa shape index (κ3) is 6.54. The largest absolute Gasteiger partial charge is 0.493 e. The van der Waals surface area contributed by atoms with Crippen LogP contribution in [0.4, 0.5) is 0 Å². The predicted molar refractivity (Wildman–Crippen MR) is 154 cm³/mol. The van der Waals surface area contributed by atoms with Crippen molar-refractivity contribution in [3.8, 4) is 23.0 Å². The van der Waals surface area contributed by atoms with Crippen molar-refractivity contribution in [1.29, 1.82) is 0 Å². The van der Waals surface area contributed by atoms with E-state index in [9.17, 15) is 9.59 Å². The van der Waals surface area contributed by atoms with Gasteiger partial charge in [0, 0.05) is 36.8 Å². The van der Waals surface area contributed by atoms with Gasteiger partial charge in [-0.1, -0.05) is 12.8 Å². The van der Waals surface area contributed by atoms with Gasteiger partial charge < -0.3 is 28.8 Å². The molecule has 1 saturated carbocycles. The van der Waals surface area contributed by atoms with E-state index in [-0.39, 0.29) is 11.3 Å². The second kappa shape index (κ2) is 12.4. The van der Waals surface area contributed by atoms with Gasteiger partial charge in [0.1, 0.15) is 29.4 Å². The average molecular weight is 546 g/mol. The molecule has 0 saturated heterocycles. The van der Waals surface area contributed by atoms with E-state index in [1.54, 1.807) is 36.5 Å². The Labute approximate surface area is 233 Å². The molecule has 0 aliphatic heterocycles. The van der Waals surface area contributed by atoms with Crippen molar-refractivity contribution in [2.45, 2.75) is 44.6 Å². The minimum atomic E-state index is -0.179. The van der Waals surface area contributed by atoms with E-state index in [0.717, 1.165) is 25.1 Å². The molecule has 1 fully saturated rings. The van der Waals surface area contributed by atoms with Crippen molar-refractivity contribution >= 4 is 27.8 Å². The number of aromatic nitrogens is 1. The Hall–Kier alpha value is -4.11. The third-order valence-electron chi connectivity index (χ3n) is 7.07. The number of methoxy groups -OCH3 is 1. The van der Waals surface area contributed by atoms with E-state index >= 15 is 0 Å². The zero-order valence-corrected chi connectivity index (χ0v) is 23.2. The Balaban J connectivity index is 1.29. The van der Waals surface area contributed by atoms with Crippen LogP contribution in [0.2, 0.25) is 0 Å². The SMILES string of the molecule is COc1cc(OCCN(C)C)cc2c(=O)c3ccc(Oc4ccc(CCC(=O)NC5CCCC5)nc4)cc3oc12. The lowest BCUT2D eigenvalue weighted by atomic mass is 10.1. The number of carbonyl (C=O) groups is 1. The quantitative estimate of drug-likeness (QED) is 0.261. The second-order valence-electron chi connectivity index (χ2n) is 10.4. The van der Waals surface area contributed by atoms with Crippen LogP contribution in [-0.2, 0) is 11.2 Å². The molecule has 1 N–H and O–H groups in total. The van der Waals surface area contributed by atoms with Crippen LogP contribution >= 0.6 is 0 Å². The number of nitrogens with one attached hydrogen (secondary N) is 1. The molecule has 40 heavy (non-hydrogen) atoms. The summed E-state index contributed by atoms with van der Waals surface area (Å²) in [5.74, 6) is 2.08. The standard InChI is InChI=1S/C31H35N3O6/c1-34(2)14-15-38-24-16-26-30(36)25-12-11-22(17-27(25)40-31(26)28(18-24)37-3)39-23-10-8-20(32-19-23)9-13-29(35)33-21-6-4-5-7-21/h8,10-12,16-19,21H,4-7,9,13-15H2,1-3H3,(H,33,35). The van der Waals surface area contributed by atoms with Crippen LogP contribution in [0.1, 0.15) is 37.8 Å². The van der Waals surface area contributed by atoms with Gasteiger partial charge in [-0.05, 0) is 63.7 Å². The number of carbonyl (C=O) groups excluding carboxylic acids is 1. The normalized spacial score (nSPS) is 13.7. The first-order valence-corrected chi connectivity index (χ1v) is 13.7. The van der Waals surface area contributed by atoms with E-state index in [1.165, 1.54) is 20.0 Å². The highest BCUT2D eigenvalue weighted by molar-refractivity contribution is 5.93. The van der Waals surface area contributed by atoms with Crippen LogP contribution < -0.4 is 25.0 Å². The number of amides is 1. The number of pyridine rings is 1. The number of benzene rings is 2. The van der Waals surface area contributed by atoms with Gasteiger partial charge in [0.05, 0.1) is 24.1 Å². The maximum Gasteiger partial charge on any atom is 0.220 e. The van der Waals surface area contributed by atoms with Crippen molar-refractivity contribution in [3.63, 3.8) is 0 Å². The molecule has 2 heterocycles. The summed E-state index contributed by atoms with van der Waals surface area (Å²) < 4.78 is 23.5. The molecule has 5 rings (SSSR count). The van der Waals surface area contributed by atoms with Crippen LogP contribution in [-0.4, -0.2) is 56.2 Å². The maximum atomic E-state index is 13.3. The number of likely N-dealkylation sites (N-methyl/N-ethyl adjacent to an activating group) is 1. The molecule has 2 aromatic carbocycles. The third-order valence-corrected chi connectivity index (χ3v) is 7.07. The fraction of sp³-hybridized carbons (Fsp3) is 0.387. The lowest BCUT2D eigenvalue weighted by Gasteiger charge is -2.13. The van der Waals surface area contributed by atoms with Gasteiger partial charge in [-0.2, -0.15) is 0 Å². The second-order valence-corrected chi connectivity index (χ2v) is 10.4. The molecule has 9 nitrogen and oxygen atoms in total. The summed E-state index contributed by atoms with van der Waals surface area (Å²) in [6, 6.07) is 12.5. The number of ether oxygens (including phenoxy) is 3. The molecule has 0 bridgehead atoms. The summed E-state index contributed by atoms with van der Waals surface area (Å²) in [6.07, 6.45) is 7.14. The highest BCUT2D eigenvalue weighted by Crippen LogP contribution is 2.33. The molecule has 0 radical (unpaired) electrons. The first kappa shape index (κ1) is 27.5. The summed E-state index contributed by atoms with van der Waals surface area (Å²) >= 11 is 0. The lowest BCUT2D eigenvalue weighted by Crippen LogP contribution is -2.32. The van der Waals surface area contributed by atoms with Crippen molar-refractivity contribution < 1.29 is 23.4 Å². The van der Waals surface area contributed by atoms with Gasteiger partial charge in [0.25, 0.3) is 0 Å². The van der Waals surface area contributed by atoms with Crippen molar-refractivity contribution in [2.24, 2.45) is 0 Å². The van der Waals surface area contributed by atoms with Crippen LogP contribution in [0.25, 0.3) is 21.9 Å². The number of rotatable bonds is 11. The number of hydrogen-bond donors (Lipinski definition) is 1. The smallest absolute Gasteiger partial charge is 0.220 e. The molecule has 1 aliphatic carbocycles. The number of nitrogens with zero attached hydrogens (tertiary/aromatic N) is 2. The molecule has 0 spiro atoms. The topological polar surface area (TPSA) is 103 Å². The van der Waals surface area contributed by atoms with Crippen LogP contribution in [0.5, 0.6) is 23.0 Å². The molecule has 9 heteroatoms. The Morgan fingerprint density at radius 1 is 1.05 bits per heavy atom. The van der Waals surface area contributed by atoms with Crippen LogP contribution in [0, 0.1) is 0 Å². The van der Waals surface area contributed by atoms with Gasteiger partial charge in [0.2, 0.25) is 11.3 Å². The minimum absolute atomic E-state index is 0.0731. The Kier molecular flexibility index (Phi) is 8.50. The zero-order valence-electron chi connectivity index (χ0n) is 23.2. The van der Waals surface area contributed by atoms with Crippen molar-refractivity contribution in [2.75, 3.05) is 34.4 Å². The molecular weight excluding hydrogens is 510 g/mol. The predicted octanol–water partition coefficient (Wildman–Crippen LogP) is 5.07. The Morgan fingerprint density at radius 2 is 1.85 bits per heavy atom. The molecule has 210 valence electrons. The molecule has 4 aromatic rings. The van der Waals surface area contributed by atoms with Crippen LogP contribution in [0.3, 0.4) is 0 Å². The van der Waals surface area contributed by atoms with Gasteiger partial charge in [-0.3, -0.25) is 14.6 Å². The molecule has 0 atom stereocenters. The fourth-order valence-electron chi connectivity index (χ4n) is 4.89. The minimum Gasteiger partial charge on any atom is -0.493 e.